The molecular formula is C71H63N5. The molecule has 372 valence electrons. The van der Waals surface area contributed by atoms with E-state index >= 15 is 0 Å². The van der Waals surface area contributed by atoms with Crippen LogP contribution in [0.2, 0.25) is 0 Å². The molecule has 0 spiro atoms. The van der Waals surface area contributed by atoms with Gasteiger partial charge in [0.2, 0.25) is 0 Å². The lowest BCUT2D eigenvalue weighted by Crippen LogP contribution is -2.21. The van der Waals surface area contributed by atoms with Crippen molar-refractivity contribution in [1.82, 2.24) is 4.98 Å². The first-order chi connectivity index (χ1) is 37.4. The third kappa shape index (κ3) is 10.6. The number of nitrogens with zero attached hydrogens (tertiary/aromatic N) is 5. The Kier molecular flexibility index (Phi) is 14.6. The second-order valence-corrected chi connectivity index (χ2v) is 19.7. The van der Waals surface area contributed by atoms with Gasteiger partial charge in [-0.25, -0.2) is 0 Å². The fraction of sp³-hybridized carbons (Fsp3) is 0.127. The van der Waals surface area contributed by atoms with Crippen LogP contribution in [-0.2, 0) is 0 Å². The maximum Gasteiger partial charge on any atom is 0.0488 e. The van der Waals surface area contributed by atoms with Crippen molar-refractivity contribution in [3.05, 3.63) is 295 Å². The van der Waals surface area contributed by atoms with Crippen molar-refractivity contribution in [3.8, 4) is 22.3 Å². The van der Waals surface area contributed by atoms with Gasteiger partial charge < -0.3 is 19.6 Å². The van der Waals surface area contributed by atoms with Crippen LogP contribution < -0.4 is 19.6 Å². The summed E-state index contributed by atoms with van der Waals surface area (Å²) < 4.78 is 0. The first kappa shape index (κ1) is 49.1. The summed E-state index contributed by atoms with van der Waals surface area (Å²) in [4.78, 5) is 15.1. The fourth-order valence-electron chi connectivity index (χ4n) is 10.8. The number of rotatable bonds is 16. The molecule has 5 nitrogen and oxygen atoms in total. The van der Waals surface area contributed by atoms with E-state index in [2.05, 4.69) is 283 Å². The molecule has 1 fully saturated rings. The van der Waals surface area contributed by atoms with Gasteiger partial charge in [0.1, 0.15) is 0 Å². The Hall–Kier alpha value is -9.15. The van der Waals surface area contributed by atoms with E-state index in [9.17, 15) is 0 Å². The van der Waals surface area contributed by atoms with Crippen LogP contribution in [-0.4, -0.2) is 4.98 Å². The van der Waals surface area contributed by atoms with Crippen LogP contribution >= 0.6 is 0 Å². The monoisotopic (exact) mass is 986 g/mol. The first-order valence-corrected chi connectivity index (χ1v) is 26.7. The summed E-state index contributed by atoms with van der Waals surface area (Å²) in [7, 11) is 0. The van der Waals surface area contributed by atoms with Gasteiger partial charge in [0.05, 0.1) is 0 Å². The van der Waals surface area contributed by atoms with Gasteiger partial charge in [-0.15, -0.1) is 5.73 Å². The Morgan fingerprint density at radius 2 is 0.974 bits per heavy atom. The number of anilines is 9. The molecule has 76 heavy (non-hydrogen) atoms. The number of aryl methyl sites for hydroxylation is 2. The molecule has 11 rings (SSSR count). The molecule has 1 aromatic heterocycles. The highest BCUT2D eigenvalue weighted by Gasteiger charge is 2.27. The number of hydrogen-bond acceptors (Lipinski definition) is 5. The van der Waals surface area contributed by atoms with Crippen molar-refractivity contribution in [3.63, 3.8) is 0 Å². The predicted molar refractivity (Wildman–Crippen MR) is 322 cm³/mol. The van der Waals surface area contributed by atoms with Crippen LogP contribution in [0.25, 0.3) is 22.3 Å². The zero-order valence-corrected chi connectivity index (χ0v) is 43.7. The molecule has 3 aliphatic carbocycles. The van der Waals surface area contributed by atoms with Gasteiger partial charge in [-0.05, 0) is 209 Å². The smallest absolute Gasteiger partial charge is 0.0488 e. The predicted octanol–water partition coefficient (Wildman–Crippen LogP) is 19.5. The lowest BCUT2D eigenvalue weighted by atomic mass is 9.89. The minimum absolute atomic E-state index is 0.512. The van der Waals surface area contributed by atoms with E-state index in [0.717, 1.165) is 127 Å². The van der Waals surface area contributed by atoms with Crippen molar-refractivity contribution in [2.45, 2.75) is 52.9 Å². The molecule has 1 saturated carbocycles. The number of allylic oxidation sites excluding steroid dienone is 9. The average molecular weight is 986 g/mol. The number of para-hydroxylation sites is 5. The van der Waals surface area contributed by atoms with Crippen LogP contribution in [0.4, 0.5) is 51.2 Å². The van der Waals surface area contributed by atoms with Gasteiger partial charge in [-0.1, -0.05) is 122 Å². The Morgan fingerprint density at radius 1 is 0.513 bits per heavy atom. The third-order valence-corrected chi connectivity index (χ3v) is 14.3. The Balaban J connectivity index is 1.18. The average Bonchev–Trinajstić information content (AvgIpc) is 4.34. The van der Waals surface area contributed by atoms with E-state index < -0.39 is 0 Å². The van der Waals surface area contributed by atoms with E-state index in [0.29, 0.717) is 5.92 Å². The number of pyridine rings is 1. The topological polar surface area (TPSA) is 25.9 Å². The van der Waals surface area contributed by atoms with Gasteiger partial charge >= 0.3 is 0 Å². The lowest BCUT2D eigenvalue weighted by molar-refractivity contribution is 0.873. The highest BCUT2D eigenvalue weighted by molar-refractivity contribution is 5.91. The van der Waals surface area contributed by atoms with Gasteiger partial charge in [-0.2, -0.15) is 0 Å². The summed E-state index contributed by atoms with van der Waals surface area (Å²) in [5.74, 6) is 0.512. The maximum absolute atomic E-state index is 5.53. The Labute approximate surface area is 449 Å². The Bertz CT molecular complexity index is 3420. The second kappa shape index (κ2) is 22.5. The molecule has 0 N–H and O–H groups in total. The van der Waals surface area contributed by atoms with E-state index in [1.807, 2.05) is 18.2 Å². The fourth-order valence-corrected chi connectivity index (χ4v) is 10.8. The van der Waals surface area contributed by atoms with E-state index in [1.165, 1.54) is 12.8 Å². The molecule has 0 unspecified atom stereocenters. The van der Waals surface area contributed by atoms with Crippen molar-refractivity contribution in [2.75, 3.05) is 19.6 Å². The van der Waals surface area contributed by atoms with E-state index in [4.69, 9.17) is 4.98 Å². The first-order valence-electron chi connectivity index (χ1n) is 26.7. The summed E-state index contributed by atoms with van der Waals surface area (Å²) >= 11 is 0. The highest BCUT2D eigenvalue weighted by atomic mass is 15.2. The van der Waals surface area contributed by atoms with Crippen molar-refractivity contribution >= 4 is 51.2 Å². The number of aromatic nitrogens is 1. The zero-order valence-electron chi connectivity index (χ0n) is 43.7. The second-order valence-electron chi connectivity index (χ2n) is 19.7. The molecule has 0 radical (unpaired) electrons. The molecule has 0 amide bonds. The third-order valence-electron chi connectivity index (χ3n) is 14.3. The quantitative estimate of drug-likeness (QED) is 0.0710. The van der Waals surface area contributed by atoms with E-state index in [-0.39, 0.29) is 0 Å². The van der Waals surface area contributed by atoms with Crippen molar-refractivity contribution < 1.29 is 0 Å². The van der Waals surface area contributed by atoms with Crippen LogP contribution in [0.5, 0.6) is 0 Å². The van der Waals surface area contributed by atoms with Gasteiger partial charge in [-0.3, -0.25) is 4.98 Å². The van der Waals surface area contributed by atoms with Gasteiger partial charge in [0.25, 0.3) is 0 Å². The normalized spacial score (nSPS) is 14.1. The van der Waals surface area contributed by atoms with Gasteiger partial charge in [0, 0.05) is 90.8 Å². The number of benzene rings is 7. The molecular weight excluding hydrogens is 923 g/mol. The van der Waals surface area contributed by atoms with Crippen molar-refractivity contribution in [1.29, 1.82) is 0 Å². The molecule has 8 aromatic rings. The van der Waals surface area contributed by atoms with Gasteiger partial charge in [0.15, 0.2) is 0 Å². The lowest BCUT2D eigenvalue weighted by Gasteiger charge is -2.32. The minimum Gasteiger partial charge on any atom is -0.311 e. The molecule has 1 heterocycles. The molecule has 5 heteroatoms. The molecule has 0 bridgehead atoms. The number of hydrogen-bond donors (Lipinski definition) is 0. The van der Waals surface area contributed by atoms with Crippen LogP contribution in [0, 0.1) is 26.7 Å². The summed E-state index contributed by atoms with van der Waals surface area (Å²) in [5, 5.41) is 0. The molecule has 0 aliphatic heterocycles. The SMILES string of the molecule is C=C/C(=C\C1CC1)N(C1=CC=C=CC=C1)c1cc(-c2c(C)nc(C)c(-c3cc(N(c4ccccc4)c4ccccc4)cc(N(c4ccccc4)c4ccccc4)c3)c2C)cc(N(C2=CCCCC=C2)c2ccccc2)c1. The summed E-state index contributed by atoms with van der Waals surface area (Å²) in [5.41, 5.74) is 23.4. The van der Waals surface area contributed by atoms with Crippen molar-refractivity contribution in [2.24, 2.45) is 5.92 Å². The molecule has 3 aliphatic rings. The standard InChI is InChI=1S/C71H63N5/c1-5-58(45-55-43-44-55)73(59-29-15-6-7-16-30-59)66-46-56(47-67(50-66)74(61-33-19-10-20-34-61)60-31-17-8-9-18-32-60)70-52(2)71(54(4)72-53(70)3)57-48-68(75(62-35-21-11-22-36-62)63-37-23-12-24-38-63)51-69(49-57)76(64-39-25-13-26-40-64)65-41-27-14-28-42-65/h5-6,10-17,19-42,45-51,55H,1,8-9,18,43-44H2,2-4H3/b58-45+. The molecule has 7 aromatic carbocycles. The summed E-state index contributed by atoms with van der Waals surface area (Å²) in [6, 6.07) is 67.6. The minimum atomic E-state index is 0.512. The highest BCUT2D eigenvalue weighted by Crippen LogP contribution is 2.47. The Morgan fingerprint density at radius 3 is 1.46 bits per heavy atom. The van der Waals surface area contributed by atoms with E-state index in [1.54, 1.807) is 0 Å². The molecule has 0 saturated heterocycles. The molecule has 0 atom stereocenters. The maximum atomic E-state index is 5.53. The van der Waals surface area contributed by atoms with Crippen LogP contribution in [0.3, 0.4) is 0 Å². The zero-order chi connectivity index (χ0) is 51.8. The largest absolute Gasteiger partial charge is 0.311 e. The van der Waals surface area contributed by atoms with Crippen LogP contribution in [0.15, 0.2) is 278 Å². The van der Waals surface area contributed by atoms with Crippen LogP contribution in [0.1, 0.15) is 49.1 Å². The summed E-state index contributed by atoms with van der Waals surface area (Å²) in [6.45, 7) is 11.1. The summed E-state index contributed by atoms with van der Waals surface area (Å²) in [6.07, 6.45) is 27.3.